The predicted molar refractivity (Wildman–Crippen MR) is 136 cm³/mol. The van der Waals surface area contributed by atoms with Gasteiger partial charge in [0.15, 0.2) is 0 Å². The highest BCUT2D eigenvalue weighted by molar-refractivity contribution is 5.34. The minimum Gasteiger partial charge on any atom is -0.396 e. The van der Waals surface area contributed by atoms with E-state index < -0.39 is 29.1 Å². The molecule has 0 amide bonds. The van der Waals surface area contributed by atoms with Crippen LogP contribution in [0.4, 0.5) is 0 Å². The first-order valence-corrected chi connectivity index (χ1v) is 14.1. The summed E-state index contributed by atoms with van der Waals surface area (Å²) < 4.78 is 0. The molecule has 0 radical (unpaired) electrons. The third kappa shape index (κ3) is 3.00. The molecule has 0 aromatic rings. The predicted octanol–water partition coefficient (Wildman–Crippen LogP) is 4.06. The van der Waals surface area contributed by atoms with Gasteiger partial charge in [0.1, 0.15) is 0 Å². The van der Waals surface area contributed by atoms with Crippen LogP contribution in [0.15, 0.2) is 11.6 Å². The fourth-order valence-electron chi connectivity index (χ4n) is 10.8. The Morgan fingerprint density at radius 2 is 1.46 bits per heavy atom. The highest BCUT2D eigenvalue weighted by atomic mass is 16.3. The quantitative estimate of drug-likeness (QED) is 0.376. The summed E-state index contributed by atoms with van der Waals surface area (Å²) in [6.07, 6.45) is 7.73. The van der Waals surface area contributed by atoms with E-state index in [1.165, 1.54) is 5.57 Å². The maximum absolute atomic E-state index is 11.3. The SMILES string of the molecule is C[C@]1(CO)C[C@H]2C3=CC[C@@H]4[C@@]5(C)CC[C@H](O)[C@](C)(CO)[C@H]5CC[C@@]4(C)[C@]3(C)CC[C@@]2(C)[C@H](O)[C@@H]1O. The first-order valence-electron chi connectivity index (χ1n) is 14.1. The Bertz CT molecular complexity index is 903. The zero-order chi connectivity index (χ0) is 25.8. The molecule has 12 atom stereocenters. The summed E-state index contributed by atoms with van der Waals surface area (Å²) in [6, 6.07) is 0. The van der Waals surface area contributed by atoms with Gasteiger partial charge in [-0.15, -0.1) is 0 Å². The van der Waals surface area contributed by atoms with E-state index in [0.29, 0.717) is 18.3 Å². The molecule has 0 heterocycles. The van der Waals surface area contributed by atoms with Crippen LogP contribution < -0.4 is 0 Å². The number of fused-ring (bicyclic) bond motifs is 7. The standard InChI is InChI=1S/C30H50O5/c1-25(16-31)15-19-18-7-8-21-27(3)11-10-22(33)28(4,17-32)20(27)9-12-30(21,6)29(18,5)14-13-26(19,2)24(35)23(25)34/h7,19-24,31-35H,8-17H2,1-6H3/t19-,20-,21+,22-,23-,24+,25+,26+,27-,28+,29+,30+/m0/s1. The average molecular weight is 491 g/mol. The van der Waals surface area contributed by atoms with Crippen LogP contribution in [0.2, 0.25) is 0 Å². The van der Waals surface area contributed by atoms with Crippen molar-refractivity contribution in [2.24, 2.45) is 50.2 Å². The van der Waals surface area contributed by atoms with Gasteiger partial charge in [0.05, 0.1) is 31.5 Å². The first-order chi connectivity index (χ1) is 16.2. The Labute approximate surface area is 212 Å². The van der Waals surface area contributed by atoms with Crippen molar-refractivity contribution in [2.75, 3.05) is 13.2 Å². The molecule has 5 rings (SSSR count). The van der Waals surface area contributed by atoms with Crippen molar-refractivity contribution in [1.82, 2.24) is 0 Å². The Morgan fingerprint density at radius 1 is 0.771 bits per heavy atom. The molecule has 5 nitrogen and oxygen atoms in total. The molecule has 0 aromatic carbocycles. The van der Waals surface area contributed by atoms with Crippen LogP contribution in [0.1, 0.15) is 92.9 Å². The molecule has 0 bridgehead atoms. The lowest BCUT2D eigenvalue weighted by Crippen LogP contribution is -2.67. The minimum atomic E-state index is -0.912. The number of hydrogen-bond acceptors (Lipinski definition) is 5. The summed E-state index contributed by atoms with van der Waals surface area (Å²) >= 11 is 0. The molecule has 4 fully saturated rings. The third-order valence-corrected chi connectivity index (χ3v) is 13.7. The number of aliphatic hydroxyl groups is 5. The Hall–Kier alpha value is -0.460. The van der Waals surface area contributed by atoms with Gasteiger partial charge in [-0.2, -0.15) is 0 Å². The van der Waals surface area contributed by atoms with Crippen molar-refractivity contribution in [2.45, 2.75) is 111 Å². The summed E-state index contributed by atoms with van der Waals surface area (Å²) in [6.45, 7) is 13.5. The second kappa shape index (κ2) is 7.79. The Kier molecular flexibility index (Phi) is 5.82. The normalized spacial score (nSPS) is 60.0. The molecular weight excluding hydrogens is 440 g/mol. The topological polar surface area (TPSA) is 101 Å². The van der Waals surface area contributed by atoms with E-state index in [4.69, 9.17) is 0 Å². The molecule has 0 aromatic heterocycles. The molecule has 5 heteroatoms. The van der Waals surface area contributed by atoms with Crippen molar-refractivity contribution in [3.05, 3.63) is 11.6 Å². The van der Waals surface area contributed by atoms with Crippen molar-refractivity contribution in [3.8, 4) is 0 Å². The molecule has 5 N–H and O–H groups in total. The van der Waals surface area contributed by atoms with E-state index >= 15 is 0 Å². The average Bonchev–Trinajstić information content (AvgIpc) is 2.82. The lowest BCUT2D eigenvalue weighted by molar-refractivity contribution is -0.229. The smallest absolute Gasteiger partial charge is 0.0880 e. The van der Waals surface area contributed by atoms with Crippen molar-refractivity contribution < 1.29 is 25.5 Å². The summed E-state index contributed by atoms with van der Waals surface area (Å²) in [4.78, 5) is 0. The second-order valence-electron chi connectivity index (χ2n) is 15.0. The monoisotopic (exact) mass is 490 g/mol. The van der Waals surface area contributed by atoms with Gasteiger partial charge >= 0.3 is 0 Å². The van der Waals surface area contributed by atoms with Crippen LogP contribution in [0.25, 0.3) is 0 Å². The highest BCUT2D eigenvalue weighted by Gasteiger charge is 2.69. The van der Waals surface area contributed by atoms with Crippen molar-refractivity contribution >= 4 is 0 Å². The Balaban J connectivity index is 1.58. The van der Waals surface area contributed by atoms with Gasteiger partial charge in [-0.05, 0) is 85.4 Å². The molecule has 0 aliphatic heterocycles. The van der Waals surface area contributed by atoms with Gasteiger partial charge in [0.25, 0.3) is 0 Å². The van der Waals surface area contributed by atoms with Crippen LogP contribution in [0, 0.1) is 50.2 Å². The summed E-state index contributed by atoms with van der Waals surface area (Å²) in [7, 11) is 0. The zero-order valence-electron chi connectivity index (χ0n) is 22.8. The molecule has 0 saturated heterocycles. The Morgan fingerprint density at radius 3 is 2.09 bits per heavy atom. The highest BCUT2D eigenvalue weighted by Crippen LogP contribution is 2.75. The maximum atomic E-state index is 11.3. The second-order valence-corrected chi connectivity index (χ2v) is 15.0. The van der Waals surface area contributed by atoms with E-state index in [9.17, 15) is 25.5 Å². The van der Waals surface area contributed by atoms with Crippen molar-refractivity contribution in [1.29, 1.82) is 0 Å². The van der Waals surface area contributed by atoms with Crippen LogP contribution in [-0.2, 0) is 0 Å². The number of hydrogen-bond donors (Lipinski definition) is 5. The van der Waals surface area contributed by atoms with Crippen LogP contribution >= 0.6 is 0 Å². The van der Waals surface area contributed by atoms with E-state index in [1.807, 2.05) is 6.92 Å². The minimum absolute atomic E-state index is 0.00185. The summed E-state index contributed by atoms with van der Waals surface area (Å²) in [5.41, 5.74) is 0.0879. The lowest BCUT2D eigenvalue weighted by Gasteiger charge is -2.72. The zero-order valence-corrected chi connectivity index (χ0v) is 22.8. The molecule has 200 valence electrons. The van der Waals surface area contributed by atoms with E-state index in [-0.39, 0.29) is 40.8 Å². The summed E-state index contributed by atoms with van der Waals surface area (Å²) in [5, 5.41) is 53.9. The van der Waals surface area contributed by atoms with Crippen molar-refractivity contribution in [3.63, 3.8) is 0 Å². The van der Waals surface area contributed by atoms with E-state index in [2.05, 4.69) is 40.7 Å². The molecular formula is C30H50O5. The molecule has 4 saturated carbocycles. The number of rotatable bonds is 2. The molecule has 0 spiro atoms. The van der Waals surface area contributed by atoms with Crippen LogP contribution in [0.5, 0.6) is 0 Å². The number of allylic oxidation sites excluding steroid dienone is 2. The third-order valence-electron chi connectivity index (χ3n) is 13.7. The molecule has 5 aliphatic carbocycles. The molecule has 5 aliphatic rings. The van der Waals surface area contributed by atoms with Gasteiger partial charge in [0, 0.05) is 16.2 Å². The van der Waals surface area contributed by atoms with Gasteiger partial charge in [0.2, 0.25) is 0 Å². The van der Waals surface area contributed by atoms with Gasteiger partial charge in [-0.3, -0.25) is 0 Å². The van der Waals surface area contributed by atoms with Crippen LogP contribution in [0.3, 0.4) is 0 Å². The lowest BCUT2D eigenvalue weighted by atomic mass is 9.33. The largest absolute Gasteiger partial charge is 0.396 e. The van der Waals surface area contributed by atoms with Gasteiger partial charge < -0.3 is 25.5 Å². The first kappa shape index (κ1) is 26.2. The van der Waals surface area contributed by atoms with E-state index in [0.717, 1.165) is 44.9 Å². The van der Waals surface area contributed by atoms with Gasteiger partial charge in [-0.25, -0.2) is 0 Å². The molecule has 0 unspecified atom stereocenters. The maximum Gasteiger partial charge on any atom is 0.0880 e. The van der Waals surface area contributed by atoms with Crippen LogP contribution in [-0.4, -0.2) is 57.1 Å². The molecule has 35 heavy (non-hydrogen) atoms. The van der Waals surface area contributed by atoms with E-state index in [1.54, 1.807) is 0 Å². The fourth-order valence-corrected chi connectivity index (χ4v) is 10.8. The summed E-state index contributed by atoms with van der Waals surface area (Å²) in [5.74, 6) is 0.933. The fraction of sp³-hybridized carbons (Fsp3) is 0.933. The number of aliphatic hydroxyl groups excluding tert-OH is 5. The van der Waals surface area contributed by atoms with Gasteiger partial charge in [-0.1, -0.05) is 53.2 Å².